The fourth-order valence-electron chi connectivity index (χ4n) is 1.68. The summed E-state index contributed by atoms with van der Waals surface area (Å²) in [5.41, 5.74) is 0.220. The number of rotatable bonds is 3. The molecule has 1 aliphatic carbocycles. The van der Waals surface area contributed by atoms with E-state index in [0.717, 1.165) is 5.56 Å². The first-order valence-corrected chi connectivity index (χ1v) is 5.93. The molecule has 0 heterocycles. The minimum Gasteiger partial charge on any atom is -0.348 e. The van der Waals surface area contributed by atoms with E-state index in [0.29, 0.717) is 17.9 Å². The summed E-state index contributed by atoms with van der Waals surface area (Å²) in [5, 5.41) is 12.5. The molecule has 0 spiro atoms. The first-order chi connectivity index (χ1) is 8.07. The van der Waals surface area contributed by atoms with E-state index < -0.39 is 5.41 Å². The van der Waals surface area contributed by atoms with E-state index in [4.69, 9.17) is 16.9 Å². The molecule has 1 atom stereocenters. The molecule has 0 unspecified atom stereocenters. The maximum atomic E-state index is 11.8. The summed E-state index contributed by atoms with van der Waals surface area (Å²) in [6, 6.07) is 9.30. The fourth-order valence-corrected chi connectivity index (χ4v) is 1.81. The van der Waals surface area contributed by atoms with Crippen molar-refractivity contribution < 1.29 is 4.79 Å². The second-order valence-electron chi connectivity index (χ2n) is 4.44. The molecule has 0 aromatic heterocycles. The Morgan fingerprint density at radius 2 is 2.06 bits per heavy atom. The molecule has 0 radical (unpaired) electrons. The number of nitrogens with one attached hydrogen (secondary N) is 1. The molecule has 1 amide bonds. The zero-order chi connectivity index (χ0) is 12.5. The van der Waals surface area contributed by atoms with Crippen molar-refractivity contribution in [3.63, 3.8) is 0 Å². The summed E-state index contributed by atoms with van der Waals surface area (Å²) in [4.78, 5) is 11.8. The highest BCUT2D eigenvalue weighted by Crippen LogP contribution is 2.45. The summed E-state index contributed by atoms with van der Waals surface area (Å²) in [6.07, 6.45) is 1.34. The maximum Gasteiger partial charge on any atom is 0.240 e. The molecule has 1 aromatic rings. The number of nitrogens with zero attached hydrogens (tertiary/aromatic N) is 1. The zero-order valence-corrected chi connectivity index (χ0v) is 10.3. The molecule has 0 aliphatic heterocycles. The third-order valence-electron chi connectivity index (χ3n) is 3.12. The quantitative estimate of drug-likeness (QED) is 0.894. The number of hydrogen-bond acceptors (Lipinski definition) is 2. The van der Waals surface area contributed by atoms with Gasteiger partial charge in [0.25, 0.3) is 0 Å². The van der Waals surface area contributed by atoms with E-state index in [1.165, 1.54) is 0 Å². The lowest BCUT2D eigenvalue weighted by Gasteiger charge is -2.16. The highest BCUT2D eigenvalue weighted by Gasteiger charge is 2.50. The molecule has 4 heteroatoms. The molecule has 0 saturated heterocycles. The van der Waals surface area contributed by atoms with Crippen LogP contribution in [0.4, 0.5) is 0 Å². The van der Waals surface area contributed by atoms with Crippen LogP contribution in [0, 0.1) is 16.7 Å². The first-order valence-electron chi connectivity index (χ1n) is 5.55. The molecule has 1 fully saturated rings. The fraction of sp³-hybridized carbons (Fsp3) is 0.385. The number of hydrogen-bond donors (Lipinski definition) is 1. The highest BCUT2D eigenvalue weighted by atomic mass is 35.5. The SMILES string of the molecule is C[C@@H](NC(=O)C1(C#N)CC1)c1ccc(Cl)cc1. The summed E-state index contributed by atoms with van der Waals surface area (Å²) < 4.78 is 0. The van der Waals surface area contributed by atoms with E-state index in [1.54, 1.807) is 12.1 Å². The predicted octanol–water partition coefficient (Wildman–Crippen LogP) is 2.82. The van der Waals surface area contributed by atoms with E-state index in [1.807, 2.05) is 19.1 Å². The zero-order valence-electron chi connectivity index (χ0n) is 9.53. The van der Waals surface area contributed by atoms with E-state index in [-0.39, 0.29) is 11.9 Å². The van der Waals surface area contributed by atoms with Crippen LogP contribution in [0.1, 0.15) is 31.4 Å². The Morgan fingerprint density at radius 3 is 2.53 bits per heavy atom. The smallest absolute Gasteiger partial charge is 0.240 e. The van der Waals surface area contributed by atoms with Crippen molar-refractivity contribution in [1.29, 1.82) is 5.26 Å². The van der Waals surface area contributed by atoms with Gasteiger partial charge in [-0.3, -0.25) is 4.79 Å². The van der Waals surface area contributed by atoms with Gasteiger partial charge >= 0.3 is 0 Å². The highest BCUT2D eigenvalue weighted by molar-refractivity contribution is 6.30. The van der Waals surface area contributed by atoms with Crippen LogP contribution in [0.3, 0.4) is 0 Å². The van der Waals surface area contributed by atoms with E-state index in [2.05, 4.69) is 11.4 Å². The molecule has 17 heavy (non-hydrogen) atoms. The molecule has 1 aromatic carbocycles. The number of amides is 1. The largest absolute Gasteiger partial charge is 0.348 e. The van der Waals surface area contributed by atoms with Crippen LogP contribution < -0.4 is 5.32 Å². The minimum atomic E-state index is -0.763. The van der Waals surface area contributed by atoms with Crippen LogP contribution in [-0.4, -0.2) is 5.91 Å². The Hall–Kier alpha value is -1.53. The van der Waals surface area contributed by atoms with Gasteiger partial charge in [-0.2, -0.15) is 5.26 Å². The monoisotopic (exact) mass is 248 g/mol. The van der Waals surface area contributed by atoms with Gasteiger partial charge < -0.3 is 5.32 Å². The van der Waals surface area contributed by atoms with Gasteiger partial charge in [-0.15, -0.1) is 0 Å². The molecule has 1 saturated carbocycles. The number of carbonyl (C=O) groups excluding carboxylic acids is 1. The van der Waals surface area contributed by atoms with Gasteiger partial charge in [-0.05, 0) is 37.5 Å². The lowest BCUT2D eigenvalue weighted by atomic mass is 10.1. The van der Waals surface area contributed by atoms with Gasteiger partial charge in [0, 0.05) is 5.02 Å². The third kappa shape index (κ3) is 2.42. The van der Waals surface area contributed by atoms with Crippen molar-refractivity contribution in [3.05, 3.63) is 34.9 Å². The third-order valence-corrected chi connectivity index (χ3v) is 3.37. The standard InChI is InChI=1S/C13H13ClN2O/c1-9(10-2-4-11(14)5-3-10)16-12(17)13(8-15)6-7-13/h2-5,9H,6-7H2,1H3,(H,16,17)/t9-/m1/s1. The van der Waals surface area contributed by atoms with E-state index >= 15 is 0 Å². The Labute approximate surface area is 105 Å². The summed E-state index contributed by atoms with van der Waals surface area (Å²) in [7, 11) is 0. The molecular formula is C13H13ClN2O. The van der Waals surface area contributed by atoms with Gasteiger partial charge in [0.2, 0.25) is 5.91 Å². The van der Waals surface area contributed by atoms with Crippen molar-refractivity contribution in [1.82, 2.24) is 5.32 Å². The van der Waals surface area contributed by atoms with Crippen LogP contribution in [-0.2, 0) is 4.79 Å². The average Bonchev–Trinajstić information content (AvgIpc) is 3.10. The van der Waals surface area contributed by atoms with Crippen LogP contribution >= 0.6 is 11.6 Å². The van der Waals surface area contributed by atoms with Crippen LogP contribution in [0.15, 0.2) is 24.3 Å². The molecule has 0 bridgehead atoms. The molecular weight excluding hydrogens is 236 g/mol. The maximum absolute atomic E-state index is 11.8. The molecule has 1 aliphatic rings. The number of carbonyl (C=O) groups is 1. The molecule has 88 valence electrons. The number of nitriles is 1. The lowest BCUT2D eigenvalue weighted by Crippen LogP contribution is -2.33. The normalized spacial score (nSPS) is 17.9. The van der Waals surface area contributed by atoms with Gasteiger partial charge in [0.1, 0.15) is 5.41 Å². The van der Waals surface area contributed by atoms with Crippen LogP contribution in [0.25, 0.3) is 0 Å². The summed E-state index contributed by atoms with van der Waals surface area (Å²) in [5.74, 6) is -0.164. The Morgan fingerprint density at radius 1 is 1.47 bits per heavy atom. The Balaban J connectivity index is 2.02. The van der Waals surface area contributed by atoms with Crippen molar-refractivity contribution in [3.8, 4) is 6.07 Å². The number of halogens is 1. The summed E-state index contributed by atoms with van der Waals surface area (Å²) >= 11 is 5.80. The van der Waals surface area contributed by atoms with Gasteiger partial charge in [-0.25, -0.2) is 0 Å². The topological polar surface area (TPSA) is 52.9 Å². The van der Waals surface area contributed by atoms with Gasteiger partial charge in [-0.1, -0.05) is 23.7 Å². The number of benzene rings is 1. The van der Waals surface area contributed by atoms with Crippen LogP contribution in [0.5, 0.6) is 0 Å². The van der Waals surface area contributed by atoms with Crippen molar-refractivity contribution in [2.45, 2.75) is 25.8 Å². The van der Waals surface area contributed by atoms with Crippen molar-refractivity contribution >= 4 is 17.5 Å². The van der Waals surface area contributed by atoms with Crippen molar-refractivity contribution in [2.24, 2.45) is 5.41 Å². The second-order valence-corrected chi connectivity index (χ2v) is 4.88. The van der Waals surface area contributed by atoms with Crippen LogP contribution in [0.2, 0.25) is 5.02 Å². The summed E-state index contributed by atoms with van der Waals surface area (Å²) in [6.45, 7) is 1.90. The second kappa shape index (κ2) is 4.38. The Bertz CT molecular complexity index is 471. The average molecular weight is 249 g/mol. The van der Waals surface area contributed by atoms with Gasteiger partial charge in [0.05, 0.1) is 12.1 Å². The molecule has 2 rings (SSSR count). The van der Waals surface area contributed by atoms with Gasteiger partial charge in [0.15, 0.2) is 0 Å². The predicted molar refractivity (Wildman–Crippen MR) is 65.3 cm³/mol. The molecule has 1 N–H and O–H groups in total. The first kappa shape index (κ1) is 11.9. The van der Waals surface area contributed by atoms with E-state index in [9.17, 15) is 4.79 Å². The Kier molecular flexibility index (Phi) is 3.08. The minimum absolute atomic E-state index is 0.106. The van der Waals surface area contributed by atoms with Crippen molar-refractivity contribution in [2.75, 3.05) is 0 Å². The lowest BCUT2D eigenvalue weighted by molar-refractivity contribution is -0.125. The molecule has 3 nitrogen and oxygen atoms in total.